The van der Waals surface area contributed by atoms with Gasteiger partial charge in [-0.1, -0.05) is 96.1 Å². The van der Waals surface area contributed by atoms with Crippen molar-refractivity contribution in [3.8, 4) is 44.6 Å². The first-order valence-electron chi connectivity index (χ1n) is 10.1. The zero-order chi connectivity index (χ0) is 20.2. The second kappa shape index (κ2) is 9.68. The van der Waals surface area contributed by atoms with E-state index in [1.54, 1.807) is 0 Å². The van der Waals surface area contributed by atoms with Gasteiger partial charge >= 0.3 is 0 Å². The third kappa shape index (κ3) is 4.73. The van der Waals surface area contributed by atoms with Crippen LogP contribution in [0.3, 0.4) is 0 Å². The van der Waals surface area contributed by atoms with Crippen molar-refractivity contribution >= 4 is 0 Å². The number of hydrogen-bond donors (Lipinski definition) is 0. The van der Waals surface area contributed by atoms with E-state index in [2.05, 4.69) is 108 Å². The molecule has 0 N–H and O–H groups in total. The molecule has 1 heterocycles. The van der Waals surface area contributed by atoms with Crippen molar-refractivity contribution in [3.63, 3.8) is 0 Å². The first-order valence-corrected chi connectivity index (χ1v) is 10.1. The summed E-state index contributed by atoms with van der Waals surface area (Å²) in [5.41, 5.74) is 9.11. The average Bonchev–Trinajstić information content (AvgIpc) is 2.85. The summed E-state index contributed by atoms with van der Waals surface area (Å²) in [5.74, 6) is 0. The van der Waals surface area contributed by atoms with Crippen LogP contribution in [0.5, 0.6) is 0 Å². The maximum absolute atomic E-state index is 4.43. The van der Waals surface area contributed by atoms with Crippen LogP contribution < -0.4 is 0 Å². The molecule has 0 radical (unpaired) electrons. The molecule has 2 heteroatoms. The quantitative estimate of drug-likeness (QED) is 0.201. The number of benzene rings is 4. The predicted octanol–water partition coefficient (Wildman–Crippen LogP) is 7.55. The minimum absolute atomic E-state index is 0. The minimum Gasteiger partial charge on any atom is -0.305 e. The summed E-state index contributed by atoms with van der Waals surface area (Å²) in [6.45, 7) is 0. The van der Waals surface area contributed by atoms with Crippen molar-refractivity contribution in [1.29, 1.82) is 0 Å². The smallest absolute Gasteiger partial charge is 0.0160 e. The van der Waals surface area contributed by atoms with Crippen molar-refractivity contribution in [3.05, 3.63) is 128 Å². The molecule has 0 fully saturated rings. The summed E-state index contributed by atoms with van der Waals surface area (Å²) in [6, 6.07) is 43.5. The Labute approximate surface area is 197 Å². The van der Waals surface area contributed by atoms with Gasteiger partial charge in [-0.25, -0.2) is 0 Å². The summed E-state index contributed by atoms with van der Waals surface area (Å²) in [4.78, 5) is 4.43. The molecule has 0 aliphatic carbocycles. The number of nitrogens with zero attached hydrogens (tertiary/aromatic N) is 1. The predicted molar refractivity (Wildman–Crippen MR) is 125 cm³/mol. The van der Waals surface area contributed by atoms with Crippen molar-refractivity contribution in [2.75, 3.05) is 0 Å². The Hall–Kier alpha value is -3.28. The summed E-state index contributed by atoms with van der Waals surface area (Å²) in [6.07, 6.45) is 1.81. The molecule has 5 rings (SSSR count). The number of rotatable bonds is 4. The van der Waals surface area contributed by atoms with Gasteiger partial charge in [-0.2, -0.15) is 0 Å². The van der Waals surface area contributed by atoms with Gasteiger partial charge < -0.3 is 4.98 Å². The van der Waals surface area contributed by atoms with Crippen LogP contribution in [-0.4, -0.2) is 4.98 Å². The first-order chi connectivity index (χ1) is 14.9. The Bertz CT molecular complexity index is 1190. The van der Waals surface area contributed by atoms with E-state index in [4.69, 9.17) is 0 Å². The second-order valence-corrected chi connectivity index (χ2v) is 7.24. The van der Waals surface area contributed by atoms with E-state index < -0.39 is 0 Å². The zero-order valence-corrected chi connectivity index (χ0v) is 19.1. The molecule has 0 unspecified atom stereocenters. The van der Waals surface area contributed by atoms with Crippen LogP contribution in [0, 0.1) is 6.07 Å². The maximum Gasteiger partial charge on any atom is 0.0160 e. The van der Waals surface area contributed by atoms with Crippen molar-refractivity contribution < 1.29 is 21.1 Å². The Balaban J connectivity index is 0.00000231. The van der Waals surface area contributed by atoms with Gasteiger partial charge in [0, 0.05) is 27.3 Å². The molecule has 0 saturated heterocycles. The van der Waals surface area contributed by atoms with Gasteiger partial charge in [-0.3, -0.25) is 0 Å². The van der Waals surface area contributed by atoms with Gasteiger partial charge in [0.05, 0.1) is 0 Å². The van der Waals surface area contributed by atoms with Crippen LogP contribution >= 0.6 is 0 Å². The molecule has 0 aliphatic heterocycles. The fourth-order valence-corrected chi connectivity index (χ4v) is 3.67. The fourth-order valence-electron chi connectivity index (χ4n) is 3.67. The molecule has 0 atom stereocenters. The normalized spacial score (nSPS) is 10.3. The second-order valence-electron chi connectivity index (χ2n) is 7.24. The van der Waals surface area contributed by atoms with E-state index in [1.807, 2.05) is 24.4 Å². The standard InChI is InChI=1S/C29H20N.Pt/c1-3-9-22(10-4-1)26-19-27(23-11-5-2-6-12-23)21-28(20-26)24-14-16-25(17-15-24)29-13-7-8-18-30-29;/h1-16,18-21H;/q-1;. The largest absolute Gasteiger partial charge is 0.305 e. The molecule has 0 amide bonds. The third-order valence-electron chi connectivity index (χ3n) is 5.23. The van der Waals surface area contributed by atoms with E-state index >= 15 is 0 Å². The van der Waals surface area contributed by atoms with Gasteiger partial charge in [-0.05, 0) is 40.1 Å². The Morgan fingerprint density at radius 1 is 0.484 bits per heavy atom. The monoisotopic (exact) mass is 577 g/mol. The molecule has 1 nitrogen and oxygen atoms in total. The Morgan fingerprint density at radius 2 is 1.03 bits per heavy atom. The molecule has 0 saturated carbocycles. The molecule has 31 heavy (non-hydrogen) atoms. The molecule has 0 bridgehead atoms. The van der Waals surface area contributed by atoms with E-state index in [0.29, 0.717) is 0 Å². The van der Waals surface area contributed by atoms with Gasteiger partial charge in [-0.15, -0.1) is 29.8 Å². The molecule has 5 aromatic rings. The summed E-state index contributed by atoms with van der Waals surface area (Å²) in [7, 11) is 0. The third-order valence-corrected chi connectivity index (χ3v) is 5.23. The van der Waals surface area contributed by atoms with Gasteiger partial charge in [0.2, 0.25) is 0 Å². The maximum atomic E-state index is 4.43. The summed E-state index contributed by atoms with van der Waals surface area (Å²) >= 11 is 0. The van der Waals surface area contributed by atoms with E-state index in [9.17, 15) is 0 Å². The van der Waals surface area contributed by atoms with Crippen LogP contribution in [0.1, 0.15) is 0 Å². The van der Waals surface area contributed by atoms with E-state index in [-0.39, 0.29) is 21.1 Å². The van der Waals surface area contributed by atoms with Crippen LogP contribution in [0.4, 0.5) is 0 Å². The van der Waals surface area contributed by atoms with Crippen molar-refractivity contribution in [2.24, 2.45) is 0 Å². The average molecular weight is 578 g/mol. The van der Waals surface area contributed by atoms with Crippen molar-refractivity contribution in [1.82, 2.24) is 4.98 Å². The van der Waals surface area contributed by atoms with E-state index in [0.717, 1.165) is 16.8 Å². The van der Waals surface area contributed by atoms with Crippen molar-refractivity contribution in [2.45, 2.75) is 0 Å². The SMILES string of the molecule is [Pt].[c-]1cc(-c2cc(-c3ccccc3)cc(-c3ccccc3)c2)ccc1-c1ccccn1. The topological polar surface area (TPSA) is 12.9 Å². The van der Waals surface area contributed by atoms with Crippen LogP contribution in [0.2, 0.25) is 0 Å². The molecule has 4 aromatic carbocycles. The molecular formula is C29H20NPt-. The van der Waals surface area contributed by atoms with E-state index in [1.165, 1.54) is 27.8 Å². The van der Waals surface area contributed by atoms with Gasteiger partial charge in [0.15, 0.2) is 0 Å². The number of aromatic nitrogens is 1. The van der Waals surface area contributed by atoms with Gasteiger partial charge in [0.25, 0.3) is 0 Å². The summed E-state index contributed by atoms with van der Waals surface area (Å²) < 4.78 is 0. The molecular weight excluding hydrogens is 557 g/mol. The molecule has 152 valence electrons. The fraction of sp³-hybridized carbons (Fsp3) is 0. The van der Waals surface area contributed by atoms with Gasteiger partial charge in [0.1, 0.15) is 0 Å². The Kier molecular flexibility index (Phi) is 6.55. The van der Waals surface area contributed by atoms with Crippen LogP contribution in [-0.2, 0) is 21.1 Å². The number of hydrogen-bond acceptors (Lipinski definition) is 1. The first kappa shape index (κ1) is 21.0. The minimum atomic E-state index is 0. The van der Waals surface area contributed by atoms with Crippen LogP contribution in [0.15, 0.2) is 121 Å². The zero-order valence-electron chi connectivity index (χ0n) is 16.8. The number of pyridine rings is 1. The van der Waals surface area contributed by atoms with Crippen LogP contribution in [0.25, 0.3) is 44.6 Å². The Morgan fingerprint density at radius 3 is 1.52 bits per heavy atom. The summed E-state index contributed by atoms with van der Waals surface area (Å²) in [5, 5.41) is 0. The molecule has 1 aromatic heterocycles. The molecule has 0 spiro atoms. The molecule has 0 aliphatic rings.